The monoisotopic (exact) mass is 1120 g/mol. The first kappa shape index (κ1) is 73.3. The van der Waals surface area contributed by atoms with Crippen molar-refractivity contribution in [3.63, 3.8) is 0 Å². The van der Waals surface area contributed by atoms with E-state index >= 15 is 0 Å². The SMILES string of the molecule is CCCCCCCCCCC/C=C/CC/C=C/CC/C=C/C(O)C(COC1OC(CO)C(OC2OC(CO)C(O)C(O)C2O)C(O)C1O)NC(=O)CCCCCCCCCCCCCCCCCCCCCCCCCCCC. The normalized spacial score (nSPS) is 24.6. The molecular weight excluding hydrogens is 1000 g/mol. The summed E-state index contributed by atoms with van der Waals surface area (Å²) >= 11 is 0. The number of ether oxygens (including phenoxy) is 4. The van der Waals surface area contributed by atoms with Crippen LogP contribution in [-0.4, -0.2) is 140 Å². The molecule has 0 aromatic rings. The third kappa shape index (κ3) is 35.8. The Kier molecular flexibility index (Phi) is 47.0. The van der Waals surface area contributed by atoms with Gasteiger partial charge in [0.25, 0.3) is 0 Å². The van der Waals surface area contributed by atoms with E-state index in [1.54, 1.807) is 6.08 Å². The van der Waals surface area contributed by atoms with Gasteiger partial charge in [0, 0.05) is 6.42 Å². The van der Waals surface area contributed by atoms with Gasteiger partial charge in [0.2, 0.25) is 5.91 Å². The minimum absolute atomic E-state index is 0.248. The molecule has 2 aliphatic rings. The van der Waals surface area contributed by atoms with E-state index in [0.29, 0.717) is 12.8 Å². The predicted molar refractivity (Wildman–Crippen MR) is 318 cm³/mol. The van der Waals surface area contributed by atoms with Gasteiger partial charge in [0.1, 0.15) is 48.8 Å². The van der Waals surface area contributed by atoms with Crippen molar-refractivity contribution in [3.05, 3.63) is 36.5 Å². The number of rotatable bonds is 53. The predicted octanol–water partition coefficient (Wildman–Crippen LogP) is 12.2. The summed E-state index contributed by atoms with van der Waals surface area (Å²) in [5, 5.41) is 87.2. The maximum atomic E-state index is 13.3. The third-order valence-electron chi connectivity index (χ3n) is 16.1. The summed E-state index contributed by atoms with van der Waals surface area (Å²) in [7, 11) is 0. The first-order chi connectivity index (χ1) is 38.6. The number of nitrogens with one attached hydrogen (secondary N) is 1. The van der Waals surface area contributed by atoms with Crippen LogP contribution in [-0.2, 0) is 23.7 Å². The second-order valence-electron chi connectivity index (χ2n) is 23.2. The lowest BCUT2D eigenvalue weighted by Crippen LogP contribution is -2.65. The Morgan fingerprint density at radius 1 is 0.443 bits per heavy atom. The lowest BCUT2D eigenvalue weighted by molar-refractivity contribution is -0.359. The van der Waals surface area contributed by atoms with E-state index in [2.05, 4.69) is 43.5 Å². The number of unbranched alkanes of at least 4 members (excludes halogenated alkanes) is 36. The van der Waals surface area contributed by atoms with Gasteiger partial charge in [-0.1, -0.05) is 262 Å². The number of aliphatic hydroxyl groups is 8. The Hall–Kier alpha value is -1.79. The molecule has 2 aliphatic heterocycles. The fraction of sp³-hybridized carbons (Fsp3) is 0.892. The number of carbonyl (C=O) groups excluding carboxylic acids is 1. The van der Waals surface area contributed by atoms with Crippen LogP contribution in [0, 0.1) is 0 Å². The molecule has 0 spiro atoms. The minimum atomic E-state index is -1.79. The number of amides is 1. The molecule has 79 heavy (non-hydrogen) atoms. The van der Waals surface area contributed by atoms with Gasteiger partial charge in [0.05, 0.1) is 32.0 Å². The fourth-order valence-electron chi connectivity index (χ4n) is 10.8. The lowest BCUT2D eigenvalue weighted by atomic mass is 9.97. The van der Waals surface area contributed by atoms with Crippen LogP contribution in [0.25, 0.3) is 0 Å². The Morgan fingerprint density at radius 2 is 0.810 bits per heavy atom. The van der Waals surface area contributed by atoms with Crippen LogP contribution in [0.1, 0.15) is 277 Å². The van der Waals surface area contributed by atoms with Crippen molar-refractivity contribution >= 4 is 5.91 Å². The highest BCUT2D eigenvalue weighted by Gasteiger charge is 2.51. The molecule has 12 atom stereocenters. The lowest BCUT2D eigenvalue weighted by Gasteiger charge is -2.46. The van der Waals surface area contributed by atoms with E-state index in [4.69, 9.17) is 18.9 Å². The van der Waals surface area contributed by atoms with Gasteiger partial charge in [-0.25, -0.2) is 0 Å². The molecule has 0 aromatic carbocycles. The fourth-order valence-corrected chi connectivity index (χ4v) is 10.8. The van der Waals surface area contributed by atoms with Crippen LogP contribution in [0.15, 0.2) is 36.5 Å². The van der Waals surface area contributed by atoms with Gasteiger partial charge in [-0.2, -0.15) is 0 Å². The van der Waals surface area contributed by atoms with Crippen LogP contribution in [0.2, 0.25) is 0 Å². The second kappa shape index (κ2) is 50.7. The third-order valence-corrected chi connectivity index (χ3v) is 16.1. The van der Waals surface area contributed by atoms with Crippen molar-refractivity contribution in [3.8, 4) is 0 Å². The van der Waals surface area contributed by atoms with Crippen LogP contribution < -0.4 is 5.32 Å². The number of hydrogen-bond donors (Lipinski definition) is 9. The summed E-state index contributed by atoms with van der Waals surface area (Å²) < 4.78 is 22.8. The van der Waals surface area contributed by atoms with Crippen molar-refractivity contribution < 1.29 is 64.6 Å². The largest absolute Gasteiger partial charge is 0.394 e. The summed E-state index contributed by atoms with van der Waals surface area (Å²) in [5.74, 6) is -0.248. The summed E-state index contributed by atoms with van der Waals surface area (Å²) in [6.07, 6.45) is 46.3. The summed E-state index contributed by atoms with van der Waals surface area (Å²) in [5.41, 5.74) is 0. The molecule has 0 aromatic heterocycles. The molecule has 14 nitrogen and oxygen atoms in total. The smallest absolute Gasteiger partial charge is 0.220 e. The minimum Gasteiger partial charge on any atom is -0.394 e. The molecule has 9 N–H and O–H groups in total. The molecular formula is C65H121NO13. The quantitative estimate of drug-likeness (QED) is 0.0204. The zero-order valence-corrected chi connectivity index (χ0v) is 50.1. The van der Waals surface area contributed by atoms with Gasteiger partial charge < -0.3 is 65.1 Å². The Balaban J connectivity index is 1.72. The highest BCUT2D eigenvalue weighted by Crippen LogP contribution is 2.30. The number of aliphatic hydroxyl groups excluding tert-OH is 8. The van der Waals surface area contributed by atoms with E-state index in [-0.39, 0.29) is 18.9 Å². The van der Waals surface area contributed by atoms with E-state index in [1.165, 1.54) is 199 Å². The summed E-state index contributed by atoms with van der Waals surface area (Å²) in [4.78, 5) is 13.3. The average molecular weight is 1120 g/mol. The molecule has 0 bridgehead atoms. The zero-order valence-electron chi connectivity index (χ0n) is 50.1. The van der Waals surface area contributed by atoms with Crippen molar-refractivity contribution in [2.45, 2.75) is 351 Å². The molecule has 2 saturated heterocycles. The van der Waals surface area contributed by atoms with Crippen molar-refractivity contribution in [2.24, 2.45) is 0 Å². The second-order valence-corrected chi connectivity index (χ2v) is 23.2. The van der Waals surface area contributed by atoms with Crippen LogP contribution in [0.3, 0.4) is 0 Å². The van der Waals surface area contributed by atoms with Gasteiger partial charge in [0.15, 0.2) is 12.6 Å². The first-order valence-corrected chi connectivity index (χ1v) is 32.7. The standard InChI is InChI=1S/C65H121NO13/c1-3-5-7-9-11-13-15-17-19-21-23-24-25-26-27-28-29-31-33-35-37-39-41-43-45-47-49-57(70)66-53(54(69)48-46-44-42-40-38-36-34-32-30-22-20-18-16-14-12-10-8-6-4-2)52-76-64-62(75)60(73)63(56(51-68)78-64)79-65-61(74)59(72)58(71)55(50-67)77-65/h30,32,38,40,46,48,53-56,58-65,67-69,71-75H,3-29,31,33-37,39,41-45,47,49-52H2,1-2H3,(H,66,70)/b32-30+,40-38+,48-46+. The van der Waals surface area contributed by atoms with Crippen LogP contribution in [0.5, 0.6) is 0 Å². The number of carbonyl (C=O) groups is 1. The highest BCUT2D eigenvalue weighted by atomic mass is 16.7. The number of hydrogen-bond acceptors (Lipinski definition) is 13. The molecule has 2 rings (SSSR count). The van der Waals surface area contributed by atoms with Crippen molar-refractivity contribution in [1.29, 1.82) is 0 Å². The molecule has 12 unspecified atom stereocenters. The Morgan fingerprint density at radius 3 is 1.24 bits per heavy atom. The van der Waals surface area contributed by atoms with Gasteiger partial charge in [-0.3, -0.25) is 4.79 Å². The van der Waals surface area contributed by atoms with E-state index in [1.807, 2.05) is 6.08 Å². The summed E-state index contributed by atoms with van der Waals surface area (Å²) in [6, 6.07) is -0.936. The Labute approximate surface area is 481 Å². The topological polar surface area (TPSA) is 228 Å². The van der Waals surface area contributed by atoms with Crippen LogP contribution >= 0.6 is 0 Å². The maximum Gasteiger partial charge on any atom is 0.220 e. The van der Waals surface area contributed by atoms with Gasteiger partial charge in [-0.15, -0.1) is 0 Å². The Bertz CT molecular complexity index is 1460. The van der Waals surface area contributed by atoms with Gasteiger partial charge in [-0.05, 0) is 44.9 Å². The average Bonchev–Trinajstić information content (AvgIpc) is 3.48. The van der Waals surface area contributed by atoms with E-state index < -0.39 is 86.8 Å². The van der Waals surface area contributed by atoms with E-state index in [0.717, 1.165) is 44.9 Å². The molecule has 0 aliphatic carbocycles. The number of allylic oxidation sites excluding steroid dienone is 5. The van der Waals surface area contributed by atoms with E-state index in [9.17, 15) is 45.6 Å². The van der Waals surface area contributed by atoms with Crippen molar-refractivity contribution in [2.75, 3.05) is 19.8 Å². The van der Waals surface area contributed by atoms with Crippen molar-refractivity contribution in [1.82, 2.24) is 5.32 Å². The molecule has 2 heterocycles. The zero-order chi connectivity index (χ0) is 57.4. The molecule has 0 radical (unpaired) electrons. The molecule has 2 fully saturated rings. The van der Waals surface area contributed by atoms with Crippen LogP contribution in [0.4, 0.5) is 0 Å². The maximum absolute atomic E-state index is 13.3. The molecule has 0 saturated carbocycles. The highest BCUT2D eigenvalue weighted by molar-refractivity contribution is 5.76. The molecule has 14 heteroatoms. The first-order valence-electron chi connectivity index (χ1n) is 32.7. The molecule has 1 amide bonds. The van der Waals surface area contributed by atoms with Gasteiger partial charge >= 0.3 is 0 Å². The molecule has 464 valence electrons. The summed E-state index contributed by atoms with van der Waals surface area (Å²) in [6.45, 7) is 2.81.